The average Bonchev–Trinajstić information content (AvgIpc) is 1.51. The summed E-state index contributed by atoms with van der Waals surface area (Å²) in [5.74, 6) is 0.783. The van der Waals surface area contributed by atoms with Gasteiger partial charge in [0.15, 0.2) is 5.82 Å². The number of hydrogen-bond acceptors (Lipinski definition) is 9. The molecule has 0 aliphatic heterocycles. The highest BCUT2D eigenvalue weighted by Crippen LogP contribution is 2.62. The van der Waals surface area contributed by atoms with E-state index in [2.05, 4.69) is 455 Å². The van der Waals surface area contributed by atoms with E-state index >= 15 is 0 Å². The molecule has 8 aromatic heterocycles. The van der Waals surface area contributed by atoms with Crippen LogP contribution < -0.4 is 0 Å². The molecule has 0 bridgehead atoms. The summed E-state index contributed by atoms with van der Waals surface area (Å²) < 4.78 is 19.1. The van der Waals surface area contributed by atoms with Crippen molar-refractivity contribution in [1.29, 1.82) is 0 Å². The van der Waals surface area contributed by atoms with E-state index in [-0.39, 0.29) is 5.41 Å². The lowest BCUT2D eigenvalue weighted by Crippen LogP contribution is -2.28. The Hall–Kier alpha value is -17.0. The van der Waals surface area contributed by atoms with Crippen LogP contribution in [-0.2, 0) is 10.8 Å². The van der Waals surface area contributed by atoms with Crippen molar-refractivity contribution in [2.24, 2.45) is 0 Å². The fourth-order valence-electron chi connectivity index (χ4n) is 23.9. The van der Waals surface area contributed by atoms with Gasteiger partial charge in [-0.3, -0.25) is 0 Å². The van der Waals surface area contributed by atoms with Gasteiger partial charge in [0, 0.05) is 127 Å². The number of thiophene rings is 4. The van der Waals surface area contributed by atoms with Crippen molar-refractivity contribution in [3.8, 4) is 95.2 Å². The van der Waals surface area contributed by atoms with Gasteiger partial charge in [-0.25, -0.2) is 19.9 Å². The minimum Gasteiger partial charge on any atom is -0.455 e. The van der Waals surface area contributed by atoms with Crippen molar-refractivity contribution >= 4 is 202 Å². The Kier molecular flexibility index (Phi) is 18.7. The second kappa shape index (κ2) is 32.3. The number of furan rings is 1. The third kappa shape index (κ3) is 12.2. The van der Waals surface area contributed by atoms with Gasteiger partial charge in [0.1, 0.15) is 17.5 Å². The normalized spacial score (nSPS) is 13.0. The Balaban J connectivity index is 0.000000106. The van der Waals surface area contributed by atoms with Gasteiger partial charge < -0.3 is 8.98 Å². The molecule has 10 heteroatoms. The predicted octanol–water partition coefficient (Wildman–Crippen LogP) is 37.2. The quantitative estimate of drug-likeness (QED) is 0.144. The minimum atomic E-state index is -0.423. The molecule has 664 valence electrons. The number of fused-ring (bicyclic) bond motifs is 34. The highest BCUT2D eigenvalue weighted by molar-refractivity contribution is 7.28. The van der Waals surface area contributed by atoms with E-state index in [4.69, 9.17) is 24.4 Å². The van der Waals surface area contributed by atoms with E-state index < -0.39 is 5.41 Å². The molecular formula is C132H81N5OS4. The van der Waals surface area contributed by atoms with Crippen molar-refractivity contribution in [2.75, 3.05) is 0 Å². The maximum absolute atomic E-state index is 6.82. The number of aromatic nitrogens is 5. The molecule has 0 N–H and O–H groups in total. The zero-order valence-electron chi connectivity index (χ0n) is 77.1. The van der Waals surface area contributed by atoms with Gasteiger partial charge in [0.05, 0.1) is 53.7 Å². The monoisotopic (exact) mass is 1880 g/mol. The van der Waals surface area contributed by atoms with Gasteiger partial charge in [-0.1, -0.05) is 420 Å². The van der Waals surface area contributed by atoms with Gasteiger partial charge in [-0.2, -0.15) is 0 Å². The van der Waals surface area contributed by atoms with Crippen LogP contribution in [0.4, 0.5) is 0 Å². The van der Waals surface area contributed by atoms with Crippen LogP contribution in [0.2, 0.25) is 0 Å². The fourth-order valence-corrected chi connectivity index (χ4v) is 29.2. The summed E-state index contributed by atoms with van der Waals surface area (Å²) >= 11 is 7.40. The van der Waals surface area contributed by atoms with Crippen molar-refractivity contribution in [1.82, 2.24) is 24.5 Å². The Morgan fingerprint density at radius 3 is 1.48 bits per heavy atom. The maximum Gasteiger partial charge on any atom is 0.161 e. The molecule has 0 saturated heterocycles. The molecule has 31 rings (SSSR count). The molecule has 0 spiro atoms. The Labute approximate surface area is 833 Å². The first kappa shape index (κ1) is 82.1. The van der Waals surface area contributed by atoms with Crippen molar-refractivity contribution in [3.05, 3.63) is 489 Å². The van der Waals surface area contributed by atoms with Crippen molar-refractivity contribution < 1.29 is 4.42 Å². The van der Waals surface area contributed by atoms with E-state index in [0.29, 0.717) is 0 Å². The highest BCUT2D eigenvalue weighted by atomic mass is 32.1. The van der Waals surface area contributed by atoms with Crippen LogP contribution >= 0.6 is 45.3 Å². The lowest BCUT2D eigenvalue weighted by molar-refractivity contribution is 0.667. The Morgan fingerprint density at radius 1 is 0.254 bits per heavy atom. The van der Waals surface area contributed by atoms with Crippen LogP contribution in [0.3, 0.4) is 0 Å². The molecule has 0 atom stereocenters. The number of rotatable bonds is 9. The zero-order chi connectivity index (χ0) is 93.6. The molecule has 2 aliphatic rings. The van der Waals surface area contributed by atoms with E-state index in [1.165, 1.54) is 193 Å². The van der Waals surface area contributed by atoms with E-state index in [0.717, 1.165) is 92.8 Å². The molecule has 8 heterocycles. The van der Waals surface area contributed by atoms with Crippen LogP contribution in [0.1, 0.15) is 47.2 Å². The first-order valence-corrected chi connectivity index (χ1v) is 51.6. The van der Waals surface area contributed by atoms with Gasteiger partial charge in [-0.05, 0) is 142 Å². The molecule has 0 unspecified atom stereocenters. The number of benzene rings is 21. The highest BCUT2D eigenvalue weighted by Gasteiger charge is 2.47. The molecule has 21 aromatic carbocycles. The van der Waals surface area contributed by atoms with Crippen LogP contribution in [-0.4, -0.2) is 24.5 Å². The van der Waals surface area contributed by atoms with E-state index in [1.807, 2.05) is 34.8 Å². The first-order valence-electron chi connectivity index (χ1n) is 48.4. The van der Waals surface area contributed by atoms with Gasteiger partial charge >= 0.3 is 0 Å². The van der Waals surface area contributed by atoms with Crippen LogP contribution in [0.25, 0.3) is 252 Å². The maximum atomic E-state index is 6.82. The number of para-hydroxylation sites is 3. The van der Waals surface area contributed by atoms with Crippen molar-refractivity contribution in [3.63, 3.8) is 0 Å². The fraction of sp³-hybridized carbons (Fsp3) is 0.0303. The van der Waals surface area contributed by atoms with Gasteiger partial charge in [0.25, 0.3) is 0 Å². The zero-order valence-corrected chi connectivity index (χ0v) is 80.3. The lowest BCUT2D eigenvalue weighted by Gasteiger charge is -2.33. The smallest absolute Gasteiger partial charge is 0.161 e. The summed E-state index contributed by atoms with van der Waals surface area (Å²) in [4.78, 5) is 20.2. The minimum absolute atomic E-state index is 0.110. The summed E-state index contributed by atoms with van der Waals surface area (Å²) in [6.07, 6.45) is 1.68. The summed E-state index contributed by atoms with van der Waals surface area (Å²) in [5.41, 5.74) is 32.9. The molecule has 0 saturated carbocycles. The summed E-state index contributed by atoms with van der Waals surface area (Å²) in [5, 5.41) is 19.9. The number of hydrogen-bond donors (Lipinski definition) is 0. The molecule has 2 aliphatic carbocycles. The summed E-state index contributed by atoms with van der Waals surface area (Å²) in [6, 6.07) is 163. The largest absolute Gasteiger partial charge is 0.455 e. The predicted molar refractivity (Wildman–Crippen MR) is 604 cm³/mol. The van der Waals surface area contributed by atoms with E-state index in [9.17, 15) is 0 Å². The second-order valence-electron chi connectivity index (χ2n) is 37.8. The standard InChI is InChI=1S/C59H37NS.C41H26N2S2.C32H18N2OS/c1-4-17-39(18-5-1)59(40-19-6-2-7-20-40)52-29-14-12-26-50(52)56-53(59)35-34-49-48-28-16-27-47(57(48)61-58(49)56)45-33-32-42(43-23-10-11-24-44(43)45)38-31-36-55-51(37-38)46-25-13-15-30-54(46)60(55)41-21-8-3-9-22-41;1-41(2)30-21-10-8-17-26(30)32-24-15-6-7-16-25(24)33-28-19-12-20-29(37(28)45-38(33)34(32)41)40-42-35(23-13-4-3-5-14-23)39-36(43-40)27-18-9-11-22-31(27)44-39;1-3-10-19(11-4-1)21-16-9-17-24-25-22-14-7-8-15-23(22)31-26(30(25)35-29(21)24)28-32(36-31)27(33-18-34-28)20-12-5-2-6-13-20/h1-37H;3-22H,1-2H3;1-18H. The third-order valence-electron chi connectivity index (χ3n) is 29.9. The van der Waals surface area contributed by atoms with Crippen LogP contribution in [0.15, 0.2) is 460 Å². The third-order valence-corrected chi connectivity index (χ3v) is 34.9. The summed E-state index contributed by atoms with van der Waals surface area (Å²) in [7, 11) is 0. The summed E-state index contributed by atoms with van der Waals surface area (Å²) in [6.45, 7) is 4.78. The Bertz CT molecular complexity index is 10200. The molecule has 142 heavy (non-hydrogen) atoms. The van der Waals surface area contributed by atoms with Crippen molar-refractivity contribution in [2.45, 2.75) is 24.7 Å². The first-order chi connectivity index (χ1) is 70.3. The molecule has 0 amide bonds. The van der Waals surface area contributed by atoms with Gasteiger partial charge in [0.2, 0.25) is 0 Å². The topological polar surface area (TPSA) is 69.6 Å². The Morgan fingerprint density at radius 2 is 0.754 bits per heavy atom. The molecule has 6 nitrogen and oxygen atoms in total. The molecule has 0 radical (unpaired) electrons. The molecule has 0 fully saturated rings. The lowest BCUT2D eigenvalue weighted by atomic mass is 9.68. The van der Waals surface area contributed by atoms with Crippen LogP contribution in [0.5, 0.6) is 0 Å². The second-order valence-corrected chi connectivity index (χ2v) is 41.9. The average molecular weight is 1880 g/mol. The number of nitrogens with zero attached hydrogens (tertiary/aromatic N) is 5. The van der Waals surface area contributed by atoms with Crippen LogP contribution in [0, 0.1) is 0 Å². The SMILES string of the molecule is CC1(C)c2ccccc2-c2c1c1sc3c(-c4nc(-c5ccccc5)c5sc6ccccc6c5n4)cccc3c1c1ccccc21.c1ccc(-c2cccc3c2oc2c3c3ccccc3c3sc4c(-c5ccccc5)ncnc4c23)cc1.c1ccc(-n2c3ccccc3c3cc(-c4ccc(-c5cccc6c5sc5c7c(ccc56)C(c5ccccc5)(c5ccccc5)c5ccccc5-7)c5ccccc45)ccc32)cc1. The molecular weight excluding hydrogens is 1800 g/mol. The van der Waals surface area contributed by atoms with E-state index in [1.54, 1.807) is 29.0 Å². The molecule has 29 aromatic rings. The van der Waals surface area contributed by atoms with Gasteiger partial charge in [-0.15, -0.1) is 45.3 Å².